The monoisotopic (exact) mass is 413 g/mol. The number of rotatable bonds is 6. The van der Waals surface area contributed by atoms with E-state index in [1.807, 2.05) is 31.2 Å². The van der Waals surface area contributed by atoms with Gasteiger partial charge in [-0.25, -0.2) is 4.98 Å². The van der Waals surface area contributed by atoms with E-state index in [2.05, 4.69) is 16.9 Å². The third-order valence-corrected chi connectivity index (χ3v) is 5.46. The molecule has 2 aromatic carbocycles. The van der Waals surface area contributed by atoms with Gasteiger partial charge in [0.05, 0.1) is 16.2 Å². The molecule has 28 heavy (non-hydrogen) atoms. The van der Waals surface area contributed by atoms with Crippen molar-refractivity contribution in [2.24, 2.45) is 0 Å². The number of carbonyl (C=O) groups excluding carboxylic acids is 1. The van der Waals surface area contributed by atoms with Crippen molar-refractivity contribution in [1.82, 2.24) is 9.55 Å². The zero-order chi connectivity index (χ0) is 20.3. The standard InChI is InChI=1S/C21H20ClN3O2S/c1-4-10-25-20(27)17-12-15(22)8-9-18(17)24-21(25)28-14(3)19(26)23-16-7-5-6-13(2)11-16/h4-9,11-12,14H,1,10H2,2-3H3,(H,23,26)/t14-/m0/s1. The molecular weight excluding hydrogens is 394 g/mol. The van der Waals surface area contributed by atoms with Gasteiger partial charge in [-0.15, -0.1) is 6.58 Å². The first kappa shape index (κ1) is 20.2. The third kappa shape index (κ3) is 4.46. The molecule has 0 aliphatic rings. The molecule has 7 heteroatoms. The van der Waals surface area contributed by atoms with E-state index in [1.54, 1.807) is 31.2 Å². The van der Waals surface area contributed by atoms with Gasteiger partial charge in [0.1, 0.15) is 0 Å². The van der Waals surface area contributed by atoms with Gasteiger partial charge in [-0.3, -0.25) is 14.2 Å². The highest BCUT2D eigenvalue weighted by Crippen LogP contribution is 2.25. The molecule has 0 aliphatic carbocycles. The lowest BCUT2D eigenvalue weighted by Crippen LogP contribution is -2.26. The number of allylic oxidation sites excluding steroid dienone is 1. The normalized spacial score (nSPS) is 12.0. The summed E-state index contributed by atoms with van der Waals surface area (Å²) in [7, 11) is 0. The van der Waals surface area contributed by atoms with E-state index in [0.717, 1.165) is 11.3 Å². The number of aromatic nitrogens is 2. The number of amides is 1. The van der Waals surface area contributed by atoms with E-state index >= 15 is 0 Å². The van der Waals surface area contributed by atoms with Gasteiger partial charge >= 0.3 is 0 Å². The first-order valence-electron chi connectivity index (χ1n) is 8.74. The molecule has 1 aromatic heterocycles. The molecule has 3 aromatic rings. The molecule has 0 spiro atoms. The van der Waals surface area contributed by atoms with Crippen LogP contribution in [0.25, 0.3) is 10.9 Å². The highest BCUT2D eigenvalue weighted by Gasteiger charge is 2.19. The average molecular weight is 414 g/mol. The van der Waals surface area contributed by atoms with Crippen molar-refractivity contribution in [2.75, 3.05) is 5.32 Å². The van der Waals surface area contributed by atoms with E-state index in [1.165, 1.54) is 16.3 Å². The molecule has 1 heterocycles. The number of nitrogens with zero attached hydrogens (tertiary/aromatic N) is 2. The summed E-state index contributed by atoms with van der Waals surface area (Å²) in [6, 6.07) is 12.6. The number of hydrogen-bond donors (Lipinski definition) is 1. The second-order valence-electron chi connectivity index (χ2n) is 6.38. The second-order valence-corrected chi connectivity index (χ2v) is 8.12. The van der Waals surface area contributed by atoms with E-state index in [-0.39, 0.29) is 11.5 Å². The fraction of sp³-hybridized carbons (Fsp3) is 0.190. The Morgan fingerprint density at radius 1 is 1.36 bits per heavy atom. The summed E-state index contributed by atoms with van der Waals surface area (Å²) >= 11 is 7.25. The zero-order valence-corrected chi connectivity index (χ0v) is 17.2. The highest BCUT2D eigenvalue weighted by atomic mass is 35.5. The third-order valence-electron chi connectivity index (χ3n) is 4.13. The van der Waals surface area contributed by atoms with Crippen LogP contribution in [0.1, 0.15) is 12.5 Å². The smallest absolute Gasteiger partial charge is 0.262 e. The van der Waals surface area contributed by atoms with E-state index < -0.39 is 5.25 Å². The van der Waals surface area contributed by atoms with Crippen molar-refractivity contribution in [3.63, 3.8) is 0 Å². The lowest BCUT2D eigenvalue weighted by atomic mass is 10.2. The summed E-state index contributed by atoms with van der Waals surface area (Å²) in [4.78, 5) is 30.1. The molecular formula is C21H20ClN3O2S. The van der Waals surface area contributed by atoms with Crippen LogP contribution in [0.4, 0.5) is 5.69 Å². The first-order valence-corrected chi connectivity index (χ1v) is 10.00. The minimum atomic E-state index is -0.451. The highest BCUT2D eigenvalue weighted by molar-refractivity contribution is 8.00. The quantitative estimate of drug-likeness (QED) is 0.362. The molecule has 1 N–H and O–H groups in total. The molecule has 0 aliphatic heterocycles. The molecule has 0 saturated heterocycles. The van der Waals surface area contributed by atoms with Crippen LogP contribution in [0.5, 0.6) is 0 Å². The summed E-state index contributed by atoms with van der Waals surface area (Å²) in [5.74, 6) is -0.161. The molecule has 3 rings (SSSR count). The average Bonchev–Trinajstić information content (AvgIpc) is 2.65. The van der Waals surface area contributed by atoms with Crippen molar-refractivity contribution in [1.29, 1.82) is 0 Å². The van der Waals surface area contributed by atoms with Crippen LogP contribution in [0.3, 0.4) is 0 Å². The van der Waals surface area contributed by atoms with Crippen LogP contribution in [0.2, 0.25) is 5.02 Å². The van der Waals surface area contributed by atoms with Gasteiger partial charge in [-0.05, 0) is 49.7 Å². The molecule has 0 radical (unpaired) electrons. The van der Waals surface area contributed by atoms with E-state index in [9.17, 15) is 9.59 Å². The van der Waals surface area contributed by atoms with Crippen LogP contribution in [0.15, 0.2) is 65.1 Å². The number of thioether (sulfide) groups is 1. The minimum absolute atomic E-state index is 0.161. The SMILES string of the molecule is C=CCn1c(S[C@@H](C)C(=O)Nc2cccc(C)c2)nc2ccc(Cl)cc2c1=O. The van der Waals surface area contributed by atoms with Gasteiger partial charge in [0.25, 0.3) is 5.56 Å². The zero-order valence-electron chi connectivity index (χ0n) is 15.6. The molecule has 1 amide bonds. The maximum absolute atomic E-state index is 12.9. The molecule has 5 nitrogen and oxygen atoms in total. The summed E-state index contributed by atoms with van der Waals surface area (Å²) in [5.41, 5.74) is 2.14. The Bertz CT molecular complexity index is 1110. The van der Waals surface area contributed by atoms with Crippen LogP contribution in [0, 0.1) is 6.92 Å². The Balaban J connectivity index is 1.90. The number of fused-ring (bicyclic) bond motifs is 1. The van der Waals surface area contributed by atoms with Crippen molar-refractivity contribution >= 4 is 45.9 Å². The molecule has 1 atom stereocenters. The summed E-state index contributed by atoms with van der Waals surface area (Å²) in [5, 5.41) is 3.83. The second kappa shape index (κ2) is 8.63. The topological polar surface area (TPSA) is 64.0 Å². The maximum atomic E-state index is 12.9. The Labute approximate surface area is 172 Å². The van der Waals surface area contributed by atoms with Crippen LogP contribution in [-0.4, -0.2) is 20.7 Å². The van der Waals surface area contributed by atoms with Crippen molar-refractivity contribution in [3.8, 4) is 0 Å². The Morgan fingerprint density at radius 3 is 2.86 bits per heavy atom. The summed E-state index contributed by atoms with van der Waals surface area (Å²) in [6.45, 7) is 7.76. The van der Waals surface area contributed by atoms with Gasteiger partial charge in [-0.1, -0.05) is 41.6 Å². The largest absolute Gasteiger partial charge is 0.325 e. The molecule has 0 saturated carbocycles. The van der Waals surface area contributed by atoms with Crippen molar-refractivity contribution in [3.05, 3.63) is 76.1 Å². The lowest BCUT2D eigenvalue weighted by Gasteiger charge is -2.16. The van der Waals surface area contributed by atoms with Crippen LogP contribution < -0.4 is 10.9 Å². The Kier molecular flexibility index (Phi) is 6.21. The number of aryl methyl sites for hydroxylation is 1. The maximum Gasteiger partial charge on any atom is 0.262 e. The number of carbonyl (C=O) groups is 1. The van der Waals surface area contributed by atoms with Crippen LogP contribution >= 0.6 is 23.4 Å². The van der Waals surface area contributed by atoms with Gasteiger partial charge in [0.2, 0.25) is 5.91 Å². The van der Waals surface area contributed by atoms with Gasteiger partial charge in [0, 0.05) is 17.3 Å². The number of benzene rings is 2. The predicted octanol–water partition coefficient (Wildman–Crippen LogP) is 4.66. The van der Waals surface area contributed by atoms with Crippen LogP contribution in [-0.2, 0) is 11.3 Å². The molecule has 144 valence electrons. The fourth-order valence-electron chi connectivity index (χ4n) is 2.73. The number of halogens is 1. The number of nitrogens with one attached hydrogen (secondary N) is 1. The van der Waals surface area contributed by atoms with Crippen molar-refractivity contribution < 1.29 is 4.79 Å². The lowest BCUT2D eigenvalue weighted by molar-refractivity contribution is -0.115. The number of hydrogen-bond acceptors (Lipinski definition) is 4. The van der Waals surface area contributed by atoms with E-state index in [0.29, 0.717) is 27.6 Å². The summed E-state index contributed by atoms with van der Waals surface area (Å²) < 4.78 is 1.51. The summed E-state index contributed by atoms with van der Waals surface area (Å²) in [6.07, 6.45) is 1.63. The minimum Gasteiger partial charge on any atom is -0.325 e. The van der Waals surface area contributed by atoms with Gasteiger partial charge < -0.3 is 5.32 Å². The Hall–Kier alpha value is -2.57. The van der Waals surface area contributed by atoms with Crippen molar-refractivity contribution in [2.45, 2.75) is 30.8 Å². The molecule has 0 unspecified atom stereocenters. The Morgan fingerprint density at radius 2 is 2.14 bits per heavy atom. The molecule has 0 fully saturated rings. The number of anilines is 1. The van der Waals surface area contributed by atoms with E-state index in [4.69, 9.17) is 11.6 Å². The molecule has 0 bridgehead atoms. The fourth-order valence-corrected chi connectivity index (χ4v) is 3.82. The van der Waals surface area contributed by atoms with Gasteiger partial charge in [0.15, 0.2) is 5.16 Å². The first-order chi connectivity index (χ1) is 13.4. The van der Waals surface area contributed by atoms with Gasteiger partial charge in [-0.2, -0.15) is 0 Å². The predicted molar refractivity (Wildman–Crippen MR) is 116 cm³/mol.